The molecule has 0 saturated carbocycles. The van der Waals surface area contributed by atoms with Crippen LogP contribution in [-0.2, 0) is 0 Å². The number of carbonyl (C=O) groups is 1. The SMILES string of the molecule is O=C(Cl)c1nccc(OC(F)(F)F)c1Br. The van der Waals surface area contributed by atoms with Gasteiger partial charge in [0, 0.05) is 12.3 Å². The van der Waals surface area contributed by atoms with E-state index in [0.29, 0.717) is 0 Å². The van der Waals surface area contributed by atoms with E-state index in [4.69, 9.17) is 11.6 Å². The Morgan fingerprint density at radius 2 is 2.13 bits per heavy atom. The number of hydrogen-bond donors (Lipinski definition) is 0. The molecule has 0 N–H and O–H groups in total. The topological polar surface area (TPSA) is 39.2 Å². The van der Waals surface area contributed by atoms with Crippen molar-refractivity contribution in [2.45, 2.75) is 6.36 Å². The minimum atomic E-state index is -4.84. The van der Waals surface area contributed by atoms with Gasteiger partial charge >= 0.3 is 6.36 Å². The lowest BCUT2D eigenvalue weighted by Crippen LogP contribution is -2.18. The number of halogens is 5. The molecule has 0 radical (unpaired) electrons. The summed E-state index contributed by atoms with van der Waals surface area (Å²) in [5, 5.41) is -0.977. The molecule has 0 atom stereocenters. The zero-order valence-electron chi connectivity index (χ0n) is 6.81. The van der Waals surface area contributed by atoms with Gasteiger partial charge in [-0.05, 0) is 27.5 Å². The number of carbonyl (C=O) groups excluding carboxylic acids is 1. The molecule has 0 unspecified atom stereocenters. The van der Waals surface area contributed by atoms with Gasteiger partial charge in [0.05, 0.1) is 4.47 Å². The maximum absolute atomic E-state index is 11.9. The van der Waals surface area contributed by atoms with Crippen LogP contribution in [0.25, 0.3) is 0 Å². The highest BCUT2D eigenvalue weighted by Crippen LogP contribution is 2.32. The minimum absolute atomic E-state index is 0.234. The summed E-state index contributed by atoms with van der Waals surface area (Å²) in [4.78, 5) is 14.2. The summed E-state index contributed by atoms with van der Waals surface area (Å²) in [6.45, 7) is 0. The summed E-state index contributed by atoms with van der Waals surface area (Å²) in [5.41, 5.74) is -0.335. The highest BCUT2D eigenvalue weighted by atomic mass is 79.9. The number of alkyl halides is 3. The number of hydrogen-bond acceptors (Lipinski definition) is 3. The second-order valence-electron chi connectivity index (χ2n) is 2.29. The standard InChI is InChI=1S/C7H2BrClF3NO2/c8-4-3(15-7(10,11)12)1-2-13-5(4)6(9)14/h1-2H. The Balaban J connectivity index is 3.10. The lowest BCUT2D eigenvalue weighted by molar-refractivity contribution is -0.274. The number of nitrogens with zero attached hydrogens (tertiary/aromatic N) is 1. The van der Waals surface area contributed by atoms with Gasteiger partial charge in [0.15, 0.2) is 0 Å². The normalized spacial score (nSPS) is 11.3. The summed E-state index contributed by atoms with van der Waals surface area (Å²) < 4.78 is 39.0. The molecule has 0 aromatic carbocycles. The van der Waals surface area contributed by atoms with Crippen molar-refractivity contribution in [3.63, 3.8) is 0 Å². The van der Waals surface area contributed by atoms with Gasteiger partial charge in [-0.15, -0.1) is 13.2 Å². The zero-order chi connectivity index (χ0) is 11.6. The molecule has 0 amide bonds. The van der Waals surface area contributed by atoms with Crippen LogP contribution < -0.4 is 4.74 Å². The van der Waals surface area contributed by atoms with Crippen molar-refractivity contribution >= 4 is 32.8 Å². The van der Waals surface area contributed by atoms with Crippen LogP contribution in [0.15, 0.2) is 16.7 Å². The van der Waals surface area contributed by atoms with Gasteiger partial charge in [-0.3, -0.25) is 9.78 Å². The van der Waals surface area contributed by atoms with Crippen molar-refractivity contribution in [2.24, 2.45) is 0 Å². The van der Waals surface area contributed by atoms with Gasteiger partial charge in [0.25, 0.3) is 5.24 Å². The Bertz CT molecular complexity index is 396. The van der Waals surface area contributed by atoms with E-state index in [1.807, 2.05) is 0 Å². The fraction of sp³-hybridized carbons (Fsp3) is 0.143. The van der Waals surface area contributed by atoms with E-state index in [1.165, 1.54) is 0 Å². The van der Waals surface area contributed by atoms with Gasteiger partial charge in [-0.25, -0.2) is 0 Å². The molecular weight excluding hydrogens is 302 g/mol. The molecule has 1 aromatic rings. The molecule has 0 fully saturated rings. The summed E-state index contributed by atoms with van der Waals surface area (Å²) in [7, 11) is 0. The average molecular weight is 304 g/mol. The second-order valence-corrected chi connectivity index (χ2v) is 3.43. The molecule has 0 aliphatic heterocycles. The smallest absolute Gasteiger partial charge is 0.404 e. The summed E-state index contributed by atoms with van der Waals surface area (Å²) in [6, 6.07) is 0.959. The zero-order valence-corrected chi connectivity index (χ0v) is 9.15. The highest BCUT2D eigenvalue weighted by Gasteiger charge is 2.32. The molecule has 0 spiro atoms. The largest absolute Gasteiger partial charge is 0.573 e. The molecule has 15 heavy (non-hydrogen) atoms. The molecule has 82 valence electrons. The third kappa shape index (κ3) is 3.35. The van der Waals surface area contributed by atoms with Crippen molar-refractivity contribution in [1.29, 1.82) is 0 Å². The van der Waals surface area contributed by atoms with Gasteiger partial charge in [0.2, 0.25) is 0 Å². The van der Waals surface area contributed by atoms with E-state index < -0.39 is 17.4 Å². The van der Waals surface area contributed by atoms with E-state index in [9.17, 15) is 18.0 Å². The van der Waals surface area contributed by atoms with Crippen molar-refractivity contribution in [3.05, 3.63) is 22.4 Å². The first-order chi connectivity index (χ1) is 6.81. The van der Waals surface area contributed by atoms with Crippen LogP contribution in [0.3, 0.4) is 0 Å². The molecule has 8 heteroatoms. The minimum Gasteiger partial charge on any atom is -0.404 e. The number of pyridine rings is 1. The van der Waals surface area contributed by atoms with Gasteiger partial charge in [0.1, 0.15) is 11.4 Å². The summed E-state index contributed by atoms with van der Waals surface area (Å²) in [6.07, 6.45) is -3.85. The van der Waals surface area contributed by atoms with E-state index in [1.54, 1.807) is 0 Å². The maximum atomic E-state index is 11.9. The van der Waals surface area contributed by atoms with E-state index >= 15 is 0 Å². The monoisotopic (exact) mass is 303 g/mol. The number of aromatic nitrogens is 1. The fourth-order valence-electron chi connectivity index (χ4n) is 0.767. The number of ether oxygens (including phenoxy) is 1. The Kier molecular flexibility index (Phi) is 3.56. The van der Waals surface area contributed by atoms with Crippen LogP contribution in [0.4, 0.5) is 13.2 Å². The first-order valence-electron chi connectivity index (χ1n) is 3.41. The van der Waals surface area contributed by atoms with Crippen LogP contribution >= 0.6 is 27.5 Å². The quantitative estimate of drug-likeness (QED) is 0.788. The molecule has 3 nitrogen and oxygen atoms in total. The highest BCUT2D eigenvalue weighted by molar-refractivity contribution is 9.10. The van der Waals surface area contributed by atoms with Gasteiger partial charge in [-0.2, -0.15) is 0 Å². The van der Waals surface area contributed by atoms with Crippen LogP contribution in [0.2, 0.25) is 0 Å². The Labute approximate surface area is 95.3 Å². The van der Waals surface area contributed by atoms with E-state index in [2.05, 4.69) is 25.7 Å². The van der Waals surface area contributed by atoms with Crippen LogP contribution in [0, 0.1) is 0 Å². The van der Waals surface area contributed by atoms with Crippen LogP contribution in [-0.4, -0.2) is 16.6 Å². The summed E-state index contributed by atoms with van der Waals surface area (Å²) in [5.74, 6) is -0.568. The van der Waals surface area contributed by atoms with E-state index in [0.717, 1.165) is 12.3 Å². The Morgan fingerprint density at radius 3 is 2.60 bits per heavy atom. The molecule has 0 aliphatic rings. The summed E-state index contributed by atoms with van der Waals surface area (Å²) >= 11 is 7.83. The Hall–Kier alpha value is -0.820. The first-order valence-corrected chi connectivity index (χ1v) is 4.58. The molecule has 1 heterocycles. The second kappa shape index (κ2) is 4.36. The number of rotatable bonds is 2. The molecule has 1 aromatic heterocycles. The van der Waals surface area contributed by atoms with Crippen molar-refractivity contribution in [2.75, 3.05) is 0 Å². The molecular formula is C7H2BrClF3NO2. The lowest BCUT2D eigenvalue weighted by atomic mass is 10.3. The molecule has 0 saturated heterocycles. The first kappa shape index (κ1) is 12.3. The van der Waals surface area contributed by atoms with Gasteiger partial charge < -0.3 is 4.74 Å². The lowest BCUT2D eigenvalue weighted by Gasteiger charge is -2.10. The Morgan fingerprint density at radius 1 is 1.53 bits per heavy atom. The van der Waals surface area contributed by atoms with Gasteiger partial charge in [-0.1, -0.05) is 0 Å². The van der Waals surface area contributed by atoms with E-state index in [-0.39, 0.29) is 10.2 Å². The third-order valence-corrected chi connectivity index (χ3v) is 2.21. The predicted molar refractivity (Wildman–Crippen MR) is 48.8 cm³/mol. The van der Waals surface area contributed by atoms with Crippen molar-refractivity contribution < 1.29 is 22.7 Å². The van der Waals surface area contributed by atoms with Crippen molar-refractivity contribution in [1.82, 2.24) is 4.98 Å². The predicted octanol–water partition coefficient (Wildman–Crippen LogP) is 3.12. The average Bonchev–Trinajstić information content (AvgIpc) is 2.05. The van der Waals surface area contributed by atoms with Crippen LogP contribution in [0.5, 0.6) is 5.75 Å². The third-order valence-electron chi connectivity index (χ3n) is 1.27. The van der Waals surface area contributed by atoms with Crippen molar-refractivity contribution in [3.8, 4) is 5.75 Å². The maximum Gasteiger partial charge on any atom is 0.573 e. The van der Waals surface area contributed by atoms with Crippen LogP contribution in [0.1, 0.15) is 10.5 Å². The molecule has 1 rings (SSSR count). The molecule has 0 bridgehead atoms. The fourth-order valence-corrected chi connectivity index (χ4v) is 1.52. The molecule has 0 aliphatic carbocycles.